The van der Waals surface area contributed by atoms with E-state index in [1.54, 1.807) is 0 Å². The second-order valence-electron chi connectivity index (χ2n) is 6.28. The van der Waals surface area contributed by atoms with E-state index in [0.717, 1.165) is 19.3 Å². The first-order chi connectivity index (χ1) is 10.7. The molecule has 0 aliphatic carbocycles. The van der Waals surface area contributed by atoms with E-state index >= 15 is 0 Å². The van der Waals surface area contributed by atoms with E-state index in [0.29, 0.717) is 12.3 Å². The smallest absolute Gasteiger partial charge is 0.303 e. The standard InChI is InChI=1S/C18H34Cl2O2/c19-16-17(20)14-12-10-8-6-4-2-1-3-5-7-9-11-13-15-18(21)22/h17H,1-16H2,(H,21,22). The lowest BCUT2D eigenvalue weighted by Crippen LogP contribution is -1.99. The summed E-state index contributed by atoms with van der Waals surface area (Å²) in [5.74, 6) is -0.0947. The van der Waals surface area contributed by atoms with Gasteiger partial charge >= 0.3 is 5.97 Å². The summed E-state index contributed by atoms with van der Waals surface area (Å²) in [6, 6.07) is 0. The van der Waals surface area contributed by atoms with E-state index in [-0.39, 0.29) is 5.38 Å². The van der Waals surface area contributed by atoms with Crippen LogP contribution in [-0.2, 0) is 4.79 Å². The molecule has 0 spiro atoms. The number of aliphatic carboxylic acids is 1. The fourth-order valence-corrected chi connectivity index (χ4v) is 2.97. The molecule has 0 heterocycles. The van der Waals surface area contributed by atoms with Gasteiger partial charge in [-0.2, -0.15) is 0 Å². The first-order valence-corrected chi connectivity index (χ1v) is 10.1. The molecule has 0 aliphatic heterocycles. The predicted molar refractivity (Wildman–Crippen MR) is 97.3 cm³/mol. The summed E-state index contributed by atoms with van der Waals surface area (Å²) in [6.45, 7) is 0. The minimum Gasteiger partial charge on any atom is -0.481 e. The lowest BCUT2D eigenvalue weighted by atomic mass is 10.0. The zero-order chi connectivity index (χ0) is 16.5. The Kier molecular flexibility index (Phi) is 17.4. The Labute approximate surface area is 147 Å². The van der Waals surface area contributed by atoms with Crippen molar-refractivity contribution >= 4 is 29.2 Å². The van der Waals surface area contributed by atoms with Gasteiger partial charge < -0.3 is 5.11 Å². The average Bonchev–Trinajstić information content (AvgIpc) is 2.50. The van der Waals surface area contributed by atoms with Crippen molar-refractivity contribution in [1.29, 1.82) is 0 Å². The van der Waals surface area contributed by atoms with Gasteiger partial charge in [-0.05, 0) is 12.8 Å². The SMILES string of the molecule is O=C(O)CCCCCCCCCCCCCCCC(Cl)CCl. The predicted octanol–water partition coefficient (Wildman–Crippen LogP) is 6.77. The Bertz CT molecular complexity index is 247. The van der Waals surface area contributed by atoms with Crippen molar-refractivity contribution in [3.63, 3.8) is 0 Å². The normalized spacial score (nSPS) is 12.5. The summed E-state index contributed by atoms with van der Waals surface area (Å²) in [5, 5.41) is 8.69. The highest BCUT2D eigenvalue weighted by Crippen LogP contribution is 2.15. The van der Waals surface area contributed by atoms with Gasteiger partial charge in [0.05, 0.1) is 0 Å². The van der Waals surface area contributed by atoms with E-state index < -0.39 is 5.97 Å². The molecule has 0 saturated heterocycles. The first kappa shape index (κ1) is 22.1. The molecule has 4 heteroatoms. The number of hydrogen-bond donors (Lipinski definition) is 1. The summed E-state index contributed by atoms with van der Waals surface area (Å²) >= 11 is 11.6. The molecule has 1 unspecified atom stereocenters. The summed E-state index contributed by atoms with van der Waals surface area (Å²) in [4.78, 5) is 10.4. The number of carbonyl (C=O) groups is 1. The van der Waals surface area contributed by atoms with Crippen LogP contribution in [0.15, 0.2) is 0 Å². The van der Waals surface area contributed by atoms with Crippen LogP contribution in [0.2, 0.25) is 0 Å². The molecule has 0 aromatic carbocycles. The molecule has 0 bridgehead atoms. The molecule has 0 amide bonds. The van der Waals surface area contributed by atoms with Gasteiger partial charge in [0.25, 0.3) is 0 Å². The van der Waals surface area contributed by atoms with Gasteiger partial charge in [-0.1, -0.05) is 77.0 Å². The molecule has 132 valence electrons. The highest BCUT2D eigenvalue weighted by Gasteiger charge is 2.01. The highest BCUT2D eigenvalue weighted by molar-refractivity contribution is 6.28. The highest BCUT2D eigenvalue weighted by atomic mass is 35.5. The second-order valence-corrected chi connectivity index (χ2v) is 7.21. The van der Waals surface area contributed by atoms with Crippen molar-refractivity contribution in [1.82, 2.24) is 0 Å². The number of rotatable bonds is 17. The lowest BCUT2D eigenvalue weighted by molar-refractivity contribution is -0.137. The van der Waals surface area contributed by atoms with Crippen LogP contribution in [0, 0.1) is 0 Å². The molecule has 0 aliphatic rings. The van der Waals surface area contributed by atoms with Crippen LogP contribution in [0.25, 0.3) is 0 Å². The van der Waals surface area contributed by atoms with Crippen molar-refractivity contribution in [3.05, 3.63) is 0 Å². The average molecular weight is 353 g/mol. The zero-order valence-corrected chi connectivity index (χ0v) is 15.5. The lowest BCUT2D eigenvalue weighted by Gasteiger charge is -2.05. The number of carboxylic acids is 1. The third-order valence-electron chi connectivity index (χ3n) is 4.08. The third kappa shape index (κ3) is 18.1. The van der Waals surface area contributed by atoms with Crippen LogP contribution in [0.4, 0.5) is 0 Å². The maximum Gasteiger partial charge on any atom is 0.303 e. The van der Waals surface area contributed by atoms with E-state index in [1.807, 2.05) is 0 Å². The minimum absolute atomic E-state index is 0.158. The Balaban J connectivity index is 3.01. The number of carboxylic acid groups (broad SMARTS) is 1. The van der Waals surface area contributed by atoms with Crippen LogP contribution >= 0.6 is 23.2 Å². The van der Waals surface area contributed by atoms with E-state index in [4.69, 9.17) is 28.3 Å². The van der Waals surface area contributed by atoms with Crippen LogP contribution in [0.5, 0.6) is 0 Å². The number of alkyl halides is 2. The Morgan fingerprint density at radius 1 is 0.727 bits per heavy atom. The molecule has 0 fully saturated rings. The van der Waals surface area contributed by atoms with Crippen LogP contribution < -0.4 is 0 Å². The first-order valence-electron chi connectivity index (χ1n) is 9.08. The van der Waals surface area contributed by atoms with Gasteiger partial charge in [-0.3, -0.25) is 4.79 Å². The van der Waals surface area contributed by atoms with Gasteiger partial charge in [0.2, 0.25) is 0 Å². The summed E-state index contributed by atoms with van der Waals surface area (Å²) < 4.78 is 0. The molecule has 1 atom stereocenters. The van der Waals surface area contributed by atoms with Gasteiger partial charge in [0.1, 0.15) is 0 Å². The van der Waals surface area contributed by atoms with Crippen LogP contribution in [0.1, 0.15) is 96.3 Å². The molecule has 0 rings (SSSR count). The summed E-state index contributed by atoms with van der Waals surface area (Å²) in [5.41, 5.74) is 0. The van der Waals surface area contributed by atoms with Crippen LogP contribution in [0.3, 0.4) is 0 Å². The summed E-state index contributed by atoms with van der Waals surface area (Å²) in [7, 11) is 0. The maximum atomic E-state index is 10.4. The number of hydrogen-bond acceptors (Lipinski definition) is 1. The third-order valence-corrected chi connectivity index (χ3v) is 4.98. The molecular formula is C18H34Cl2O2. The quantitative estimate of drug-likeness (QED) is 0.231. The Morgan fingerprint density at radius 2 is 1.09 bits per heavy atom. The van der Waals surface area contributed by atoms with Gasteiger partial charge in [-0.15, -0.1) is 23.2 Å². The zero-order valence-electron chi connectivity index (χ0n) is 14.0. The molecule has 0 aromatic rings. The second kappa shape index (κ2) is 17.4. The molecule has 0 aromatic heterocycles. The number of unbranched alkanes of at least 4 members (excludes halogenated alkanes) is 12. The minimum atomic E-state index is -0.665. The maximum absolute atomic E-state index is 10.4. The van der Waals surface area contributed by atoms with Gasteiger partial charge in [0.15, 0.2) is 0 Å². The molecule has 22 heavy (non-hydrogen) atoms. The van der Waals surface area contributed by atoms with E-state index in [1.165, 1.54) is 70.6 Å². The van der Waals surface area contributed by atoms with Crippen molar-refractivity contribution in [3.8, 4) is 0 Å². The molecule has 2 nitrogen and oxygen atoms in total. The largest absolute Gasteiger partial charge is 0.481 e. The molecular weight excluding hydrogens is 319 g/mol. The van der Waals surface area contributed by atoms with Crippen molar-refractivity contribution in [2.75, 3.05) is 5.88 Å². The van der Waals surface area contributed by atoms with Gasteiger partial charge in [-0.25, -0.2) is 0 Å². The topological polar surface area (TPSA) is 37.3 Å². The van der Waals surface area contributed by atoms with Crippen LogP contribution in [-0.4, -0.2) is 22.3 Å². The van der Waals surface area contributed by atoms with E-state index in [2.05, 4.69) is 0 Å². The monoisotopic (exact) mass is 352 g/mol. The Morgan fingerprint density at radius 3 is 1.45 bits per heavy atom. The van der Waals surface area contributed by atoms with E-state index in [9.17, 15) is 4.79 Å². The van der Waals surface area contributed by atoms with Crippen molar-refractivity contribution in [2.45, 2.75) is 102 Å². The molecule has 0 saturated carbocycles. The molecule has 0 radical (unpaired) electrons. The summed E-state index contributed by atoms with van der Waals surface area (Å²) in [6.07, 6.45) is 17.6. The molecule has 1 N–H and O–H groups in total. The fraction of sp³-hybridized carbons (Fsp3) is 0.944. The van der Waals surface area contributed by atoms with Gasteiger partial charge in [0, 0.05) is 17.7 Å². The van der Waals surface area contributed by atoms with Crippen molar-refractivity contribution < 1.29 is 9.90 Å². The van der Waals surface area contributed by atoms with Crippen molar-refractivity contribution in [2.24, 2.45) is 0 Å². The fourth-order valence-electron chi connectivity index (χ4n) is 2.66. The Hall–Kier alpha value is 0.0500. The number of halogens is 2.